The molecule has 1 unspecified atom stereocenters. The molecule has 1 N–H and O–H groups in total. The van der Waals surface area contributed by atoms with Gasteiger partial charge in [0.25, 0.3) is 0 Å². The van der Waals surface area contributed by atoms with Crippen LogP contribution >= 0.6 is 0 Å². The highest BCUT2D eigenvalue weighted by molar-refractivity contribution is 4.64. The molecule has 1 heteroatoms. The van der Waals surface area contributed by atoms with E-state index in [-0.39, 0.29) is 6.10 Å². The van der Waals surface area contributed by atoms with Gasteiger partial charge in [-0.1, -0.05) is 207 Å². The molecule has 224 valence electrons. The molecule has 0 saturated carbocycles. The second-order valence-corrected chi connectivity index (χ2v) is 12.6. The van der Waals surface area contributed by atoms with Crippen molar-refractivity contribution >= 4 is 0 Å². The topological polar surface area (TPSA) is 20.2 Å². The number of unbranched alkanes of at least 4 members (excludes halogenated alkanes) is 22. The van der Waals surface area contributed by atoms with Gasteiger partial charge in [-0.05, 0) is 18.8 Å². The van der Waals surface area contributed by atoms with Crippen LogP contribution in [0.4, 0.5) is 0 Å². The summed E-state index contributed by atoms with van der Waals surface area (Å²) in [5.41, 5.74) is 0. The van der Waals surface area contributed by atoms with Crippen LogP contribution in [0.15, 0.2) is 0 Å². The van der Waals surface area contributed by atoms with Gasteiger partial charge in [0.05, 0.1) is 6.10 Å². The van der Waals surface area contributed by atoms with Gasteiger partial charge in [-0.2, -0.15) is 0 Å². The summed E-state index contributed by atoms with van der Waals surface area (Å²) in [5.74, 6) is 0.949. The minimum Gasteiger partial charge on any atom is -0.393 e. The summed E-state index contributed by atoms with van der Waals surface area (Å²) in [6.07, 6.45) is 42.9. The Morgan fingerprint density at radius 3 is 0.838 bits per heavy atom. The van der Waals surface area contributed by atoms with E-state index in [0.717, 1.165) is 18.8 Å². The Bertz CT molecular complexity index is 372. The largest absolute Gasteiger partial charge is 0.393 e. The van der Waals surface area contributed by atoms with Crippen molar-refractivity contribution in [2.75, 3.05) is 0 Å². The van der Waals surface area contributed by atoms with Gasteiger partial charge in [0.1, 0.15) is 0 Å². The van der Waals surface area contributed by atoms with Crippen molar-refractivity contribution in [3.63, 3.8) is 0 Å². The first-order valence-electron chi connectivity index (χ1n) is 17.9. The van der Waals surface area contributed by atoms with Crippen LogP contribution in [-0.2, 0) is 0 Å². The number of hydrogen-bond donors (Lipinski definition) is 1. The average Bonchev–Trinajstić information content (AvgIpc) is 2.90. The molecule has 0 aromatic heterocycles. The van der Waals surface area contributed by atoms with E-state index in [1.165, 1.54) is 186 Å². The van der Waals surface area contributed by atoms with Gasteiger partial charge in [0.15, 0.2) is 0 Å². The highest BCUT2D eigenvalue weighted by Gasteiger charge is 2.10. The summed E-state index contributed by atoms with van der Waals surface area (Å²) >= 11 is 0. The smallest absolute Gasteiger partial charge is 0.0540 e. The first-order valence-corrected chi connectivity index (χ1v) is 17.9. The van der Waals surface area contributed by atoms with E-state index in [2.05, 4.69) is 20.8 Å². The van der Waals surface area contributed by atoms with E-state index >= 15 is 0 Å². The fourth-order valence-electron chi connectivity index (χ4n) is 6.04. The lowest BCUT2D eigenvalue weighted by atomic mass is 9.89. The molecule has 0 amide bonds. The molecule has 0 aromatic rings. The number of rotatable bonds is 32. The zero-order valence-electron chi connectivity index (χ0n) is 26.5. The van der Waals surface area contributed by atoms with Crippen molar-refractivity contribution in [3.05, 3.63) is 0 Å². The van der Waals surface area contributed by atoms with Crippen molar-refractivity contribution in [2.45, 2.75) is 226 Å². The Morgan fingerprint density at radius 2 is 0.514 bits per heavy atom. The van der Waals surface area contributed by atoms with Crippen molar-refractivity contribution in [1.29, 1.82) is 0 Å². The Balaban J connectivity index is 3.94. The van der Waals surface area contributed by atoms with Crippen molar-refractivity contribution < 1.29 is 5.11 Å². The highest BCUT2D eigenvalue weighted by Crippen LogP contribution is 2.25. The average molecular weight is 523 g/mol. The van der Waals surface area contributed by atoms with E-state index in [1.807, 2.05) is 0 Å². The predicted octanol–water partition coefficient (Wildman–Crippen LogP) is 13.1. The molecule has 0 bridgehead atoms. The van der Waals surface area contributed by atoms with Crippen molar-refractivity contribution in [2.24, 2.45) is 5.92 Å². The second-order valence-electron chi connectivity index (χ2n) is 12.6. The Labute approximate surface area is 236 Å². The molecule has 0 saturated heterocycles. The number of aliphatic hydroxyl groups is 1. The van der Waals surface area contributed by atoms with Gasteiger partial charge < -0.3 is 5.11 Å². The second kappa shape index (κ2) is 32.2. The molecule has 0 aliphatic rings. The van der Waals surface area contributed by atoms with Gasteiger partial charge in [-0.3, -0.25) is 0 Å². The molecule has 0 heterocycles. The summed E-state index contributed by atoms with van der Waals surface area (Å²) in [7, 11) is 0. The minimum absolute atomic E-state index is 0.0426. The molecule has 1 atom stereocenters. The quantitative estimate of drug-likeness (QED) is 0.0871. The maximum atomic E-state index is 10.4. The number of aliphatic hydroxyl groups excluding tert-OH is 1. The van der Waals surface area contributed by atoms with Gasteiger partial charge in [-0.15, -0.1) is 0 Å². The zero-order valence-corrected chi connectivity index (χ0v) is 26.5. The molecule has 0 aliphatic heterocycles. The Morgan fingerprint density at radius 1 is 0.297 bits per heavy atom. The zero-order chi connectivity index (χ0) is 27.1. The van der Waals surface area contributed by atoms with Crippen LogP contribution in [0.25, 0.3) is 0 Å². The molecule has 0 radical (unpaired) electrons. The summed E-state index contributed by atoms with van der Waals surface area (Å²) in [5, 5.41) is 10.4. The minimum atomic E-state index is -0.0426. The maximum Gasteiger partial charge on any atom is 0.0540 e. The van der Waals surface area contributed by atoms with Gasteiger partial charge in [0.2, 0.25) is 0 Å². The summed E-state index contributed by atoms with van der Waals surface area (Å²) in [6, 6.07) is 0. The summed E-state index contributed by atoms with van der Waals surface area (Å²) in [4.78, 5) is 0. The Hall–Kier alpha value is -0.0400. The van der Waals surface area contributed by atoms with Crippen LogP contribution in [-0.4, -0.2) is 11.2 Å². The molecule has 1 nitrogen and oxygen atoms in total. The third kappa shape index (κ3) is 30.4. The molecule has 0 aromatic carbocycles. The van der Waals surface area contributed by atoms with Crippen LogP contribution in [0.1, 0.15) is 220 Å². The molecule has 0 fully saturated rings. The molecule has 0 aliphatic carbocycles. The standard InChI is InChI=1S/C36H74O/c1-4-7-10-13-16-19-22-25-30-35(31-26-23-20-17-14-11-8-5-2)32-28-29-34-36(37)33-27-24-21-18-15-12-9-6-3/h35-37H,4-34H2,1-3H3. The van der Waals surface area contributed by atoms with Crippen LogP contribution in [0, 0.1) is 5.92 Å². The third-order valence-corrected chi connectivity index (χ3v) is 8.72. The van der Waals surface area contributed by atoms with Crippen LogP contribution in [0.5, 0.6) is 0 Å². The number of hydrogen-bond acceptors (Lipinski definition) is 1. The highest BCUT2D eigenvalue weighted by atomic mass is 16.3. The van der Waals surface area contributed by atoms with Crippen LogP contribution in [0.3, 0.4) is 0 Å². The SMILES string of the molecule is CCCCCCCCCCC(O)CCCCC(CCCCCCCCCC)CCCCCCCCCC. The molecule has 37 heavy (non-hydrogen) atoms. The van der Waals surface area contributed by atoms with Gasteiger partial charge >= 0.3 is 0 Å². The Kier molecular flexibility index (Phi) is 32.1. The van der Waals surface area contributed by atoms with E-state index < -0.39 is 0 Å². The van der Waals surface area contributed by atoms with E-state index in [4.69, 9.17) is 0 Å². The van der Waals surface area contributed by atoms with Gasteiger partial charge in [-0.25, -0.2) is 0 Å². The lowest BCUT2D eigenvalue weighted by Crippen LogP contribution is -2.07. The first-order chi connectivity index (χ1) is 18.2. The molecule has 0 rings (SSSR count). The van der Waals surface area contributed by atoms with E-state index in [0.29, 0.717) is 0 Å². The van der Waals surface area contributed by atoms with E-state index in [1.54, 1.807) is 0 Å². The monoisotopic (exact) mass is 523 g/mol. The molecular formula is C36H74O. The fraction of sp³-hybridized carbons (Fsp3) is 1.00. The van der Waals surface area contributed by atoms with Gasteiger partial charge in [0, 0.05) is 0 Å². The summed E-state index contributed by atoms with van der Waals surface area (Å²) < 4.78 is 0. The van der Waals surface area contributed by atoms with E-state index in [9.17, 15) is 5.11 Å². The lowest BCUT2D eigenvalue weighted by molar-refractivity contribution is 0.146. The maximum absolute atomic E-state index is 10.4. The summed E-state index contributed by atoms with van der Waals surface area (Å²) in [6.45, 7) is 6.91. The fourth-order valence-corrected chi connectivity index (χ4v) is 6.04. The molecular weight excluding hydrogens is 448 g/mol. The first kappa shape index (κ1) is 37.0. The van der Waals surface area contributed by atoms with Crippen molar-refractivity contribution in [1.82, 2.24) is 0 Å². The third-order valence-electron chi connectivity index (χ3n) is 8.72. The van der Waals surface area contributed by atoms with Crippen molar-refractivity contribution in [3.8, 4) is 0 Å². The van der Waals surface area contributed by atoms with Crippen LogP contribution < -0.4 is 0 Å². The normalized spacial score (nSPS) is 12.6. The predicted molar refractivity (Wildman–Crippen MR) is 170 cm³/mol. The van der Waals surface area contributed by atoms with Crippen LogP contribution in [0.2, 0.25) is 0 Å². The lowest BCUT2D eigenvalue weighted by Gasteiger charge is -2.18. The molecule has 0 spiro atoms.